The maximum absolute atomic E-state index is 12.9. The highest BCUT2D eigenvalue weighted by Gasteiger charge is 2.20. The van der Waals surface area contributed by atoms with Crippen LogP contribution in [0.2, 0.25) is 0 Å². The number of halogens is 1. The molecule has 1 aromatic carbocycles. The highest BCUT2D eigenvalue weighted by molar-refractivity contribution is 7.80. The third-order valence-electron chi connectivity index (χ3n) is 2.76. The topological polar surface area (TPSA) is 54.3 Å². The molecule has 0 unspecified atom stereocenters. The second-order valence-electron chi connectivity index (χ2n) is 4.18. The first-order valence-electron chi connectivity index (χ1n) is 5.81. The van der Waals surface area contributed by atoms with Gasteiger partial charge >= 0.3 is 0 Å². The van der Waals surface area contributed by atoms with Gasteiger partial charge in [0.05, 0.1) is 0 Å². The smallest absolute Gasteiger partial charge is 0.274 e. The Kier molecular flexibility index (Phi) is 3.08. The van der Waals surface area contributed by atoms with Gasteiger partial charge < -0.3 is 9.73 Å². The van der Waals surface area contributed by atoms with Crippen molar-refractivity contribution in [3.05, 3.63) is 53.7 Å². The number of rotatable bonds is 2. The van der Waals surface area contributed by atoms with Crippen LogP contribution < -0.4 is 10.6 Å². The average molecular weight is 288 g/mol. The van der Waals surface area contributed by atoms with Crippen molar-refractivity contribution in [1.29, 1.82) is 0 Å². The lowest BCUT2D eigenvalue weighted by Crippen LogP contribution is -2.21. The zero-order valence-corrected chi connectivity index (χ0v) is 11.0. The lowest BCUT2D eigenvalue weighted by molar-refractivity contribution is -0.115. The van der Waals surface area contributed by atoms with E-state index in [0.717, 1.165) is 5.56 Å². The van der Waals surface area contributed by atoms with Gasteiger partial charge in [0.2, 0.25) is 0 Å². The van der Waals surface area contributed by atoms with E-state index in [1.165, 1.54) is 12.1 Å². The molecule has 4 nitrogen and oxygen atoms in total. The van der Waals surface area contributed by atoms with Crippen molar-refractivity contribution < 1.29 is 13.6 Å². The summed E-state index contributed by atoms with van der Waals surface area (Å²) in [6, 6.07) is 9.45. The Bertz CT molecular complexity index is 719. The maximum Gasteiger partial charge on any atom is 0.274 e. The first kappa shape index (κ1) is 12.6. The molecule has 0 bridgehead atoms. The van der Waals surface area contributed by atoms with E-state index in [9.17, 15) is 9.18 Å². The number of carbonyl (C=O) groups excluding carboxylic acids is 1. The minimum absolute atomic E-state index is 0.270. The number of thiocarbonyl (C=S) groups is 1. The van der Waals surface area contributed by atoms with E-state index in [2.05, 4.69) is 10.6 Å². The largest absolute Gasteiger partial charge is 0.457 e. The molecule has 2 aromatic rings. The second-order valence-corrected chi connectivity index (χ2v) is 4.58. The van der Waals surface area contributed by atoms with E-state index in [4.69, 9.17) is 16.6 Å². The zero-order valence-electron chi connectivity index (χ0n) is 10.1. The highest BCUT2D eigenvalue weighted by atomic mass is 32.1. The van der Waals surface area contributed by atoms with Crippen LogP contribution in [-0.4, -0.2) is 11.0 Å². The summed E-state index contributed by atoms with van der Waals surface area (Å²) in [5.41, 5.74) is 1.09. The quantitative estimate of drug-likeness (QED) is 0.658. The van der Waals surface area contributed by atoms with Gasteiger partial charge in [-0.25, -0.2) is 4.39 Å². The van der Waals surface area contributed by atoms with Gasteiger partial charge in [-0.15, -0.1) is 0 Å². The van der Waals surface area contributed by atoms with E-state index >= 15 is 0 Å². The molecule has 1 aliphatic rings. The molecule has 0 radical (unpaired) electrons. The summed E-state index contributed by atoms with van der Waals surface area (Å²) < 4.78 is 18.4. The minimum Gasteiger partial charge on any atom is -0.457 e. The third-order valence-corrected chi connectivity index (χ3v) is 2.97. The number of hydrogen-bond donors (Lipinski definition) is 2. The standard InChI is InChI=1S/C14H9FN2O2S/c15-9-3-1-8(2-4-9)12-6-5-10(19-12)7-11-13(18)17-14(20)16-11/h1-7H,(H2,16,17,18,20). The molecule has 1 saturated heterocycles. The summed E-state index contributed by atoms with van der Waals surface area (Å²) in [5.74, 6) is 0.502. The minimum atomic E-state index is -0.303. The molecule has 2 heterocycles. The van der Waals surface area contributed by atoms with Crippen LogP contribution in [0.4, 0.5) is 4.39 Å². The Balaban J connectivity index is 1.87. The molecular weight excluding hydrogens is 279 g/mol. The average Bonchev–Trinajstić information content (AvgIpc) is 2.98. The van der Waals surface area contributed by atoms with Crippen LogP contribution >= 0.6 is 12.2 Å². The molecule has 100 valence electrons. The van der Waals surface area contributed by atoms with E-state index in [-0.39, 0.29) is 16.8 Å². The zero-order chi connectivity index (χ0) is 14.1. The molecule has 2 N–H and O–H groups in total. The number of amides is 1. The number of hydrogen-bond acceptors (Lipinski definition) is 3. The Morgan fingerprint density at radius 2 is 1.85 bits per heavy atom. The molecule has 1 aromatic heterocycles. The fourth-order valence-corrected chi connectivity index (χ4v) is 2.03. The first-order chi connectivity index (χ1) is 9.61. The molecule has 1 fully saturated rings. The predicted octanol–water partition coefficient (Wildman–Crippen LogP) is 2.43. The Hall–Kier alpha value is -2.47. The van der Waals surface area contributed by atoms with Crippen LogP contribution in [-0.2, 0) is 4.79 Å². The van der Waals surface area contributed by atoms with E-state index in [1.54, 1.807) is 30.3 Å². The van der Waals surface area contributed by atoms with Gasteiger partial charge in [0.25, 0.3) is 5.91 Å². The molecule has 20 heavy (non-hydrogen) atoms. The fourth-order valence-electron chi connectivity index (χ4n) is 1.82. The molecule has 3 rings (SSSR count). The highest BCUT2D eigenvalue weighted by Crippen LogP contribution is 2.23. The summed E-state index contributed by atoms with van der Waals surface area (Å²) in [6.45, 7) is 0. The molecule has 0 atom stereocenters. The second kappa shape index (κ2) is 4.90. The van der Waals surface area contributed by atoms with Gasteiger partial charge in [-0.1, -0.05) is 0 Å². The molecule has 0 aliphatic carbocycles. The van der Waals surface area contributed by atoms with Gasteiger partial charge in [0.15, 0.2) is 5.11 Å². The van der Waals surface area contributed by atoms with Crippen LogP contribution in [0.5, 0.6) is 0 Å². The van der Waals surface area contributed by atoms with Crippen molar-refractivity contribution in [3.8, 4) is 11.3 Å². The predicted molar refractivity (Wildman–Crippen MR) is 76.0 cm³/mol. The van der Waals surface area contributed by atoms with Crippen LogP contribution in [0.25, 0.3) is 17.4 Å². The molecule has 6 heteroatoms. The van der Waals surface area contributed by atoms with Crippen molar-refractivity contribution in [3.63, 3.8) is 0 Å². The normalized spacial score (nSPS) is 16.4. The summed E-state index contributed by atoms with van der Waals surface area (Å²) >= 11 is 4.83. The van der Waals surface area contributed by atoms with E-state index in [0.29, 0.717) is 17.2 Å². The van der Waals surface area contributed by atoms with E-state index < -0.39 is 0 Å². The monoisotopic (exact) mass is 288 g/mol. The maximum atomic E-state index is 12.9. The lowest BCUT2D eigenvalue weighted by atomic mass is 10.2. The summed E-state index contributed by atoms with van der Waals surface area (Å²) in [4.78, 5) is 11.5. The van der Waals surface area contributed by atoms with Crippen LogP contribution in [0.3, 0.4) is 0 Å². The fraction of sp³-hybridized carbons (Fsp3) is 0. The number of benzene rings is 1. The van der Waals surface area contributed by atoms with Crippen molar-refractivity contribution in [2.24, 2.45) is 0 Å². The van der Waals surface area contributed by atoms with Crippen molar-refractivity contribution in [1.82, 2.24) is 10.6 Å². The third kappa shape index (κ3) is 2.46. The van der Waals surface area contributed by atoms with Crippen LogP contribution in [0, 0.1) is 5.82 Å². The summed E-state index contributed by atoms with van der Waals surface area (Å²) in [7, 11) is 0. The summed E-state index contributed by atoms with van der Waals surface area (Å²) in [5, 5.41) is 5.46. The van der Waals surface area contributed by atoms with Crippen LogP contribution in [0.1, 0.15) is 5.76 Å². The Labute approximate surface area is 119 Å². The number of furan rings is 1. The van der Waals surface area contributed by atoms with E-state index in [1.807, 2.05) is 0 Å². The molecule has 1 amide bonds. The van der Waals surface area contributed by atoms with Gasteiger partial charge in [0.1, 0.15) is 23.0 Å². The Morgan fingerprint density at radius 1 is 1.10 bits per heavy atom. The van der Waals surface area contributed by atoms with Crippen molar-refractivity contribution in [2.45, 2.75) is 0 Å². The van der Waals surface area contributed by atoms with Gasteiger partial charge in [0, 0.05) is 11.6 Å². The van der Waals surface area contributed by atoms with Crippen LogP contribution in [0.15, 0.2) is 46.5 Å². The first-order valence-corrected chi connectivity index (χ1v) is 6.22. The SMILES string of the molecule is O=C1NC(=S)NC1=Cc1ccc(-c2ccc(F)cc2)o1. The molecular formula is C14H9FN2O2S. The van der Waals surface area contributed by atoms with Gasteiger partial charge in [-0.3, -0.25) is 10.1 Å². The van der Waals surface area contributed by atoms with Crippen molar-refractivity contribution in [2.75, 3.05) is 0 Å². The molecule has 1 aliphatic heterocycles. The van der Waals surface area contributed by atoms with Gasteiger partial charge in [-0.05, 0) is 48.6 Å². The number of nitrogens with one attached hydrogen (secondary N) is 2. The Morgan fingerprint density at radius 3 is 2.50 bits per heavy atom. The van der Waals surface area contributed by atoms with Gasteiger partial charge in [-0.2, -0.15) is 0 Å². The lowest BCUT2D eigenvalue weighted by Gasteiger charge is -1.96. The number of carbonyl (C=O) groups is 1. The molecule has 0 spiro atoms. The molecule has 0 saturated carbocycles. The summed E-state index contributed by atoms with van der Waals surface area (Å²) in [6.07, 6.45) is 1.56. The van der Waals surface area contributed by atoms with Crippen molar-refractivity contribution >= 4 is 29.3 Å².